The van der Waals surface area contributed by atoms with Crippen molar-refractivity contribution in [3.05, 3.63) is 100 Å². The Kier molecular flexibility index (Phi) is 4.33. The molecule has 0 unspecified atom stereocenters. The van der Waals surface area contributed by atoms with Crippen LogP contribution < -0.4 is 11.3 Å². The lowest BCUT2D eigenvalue weighted by Gasteiger charge is -2.13. The lowest BCUT2D eigenvalue weighted by atomic mass is 9.98. The van der Waals surface area contributed by atoms with E-state index in [9.17, 15) is 4.79 Å². The van der Waals surface area contributed by atoms with Gasteiger partial charge in [0, 0.05) is 11.9 Å². The summed E-state index contributed by atoms with van der Waals surface area (Å²) in [6.07, 6.45) is 0. The van der Waals surface area contributed by atoms with Crippen LogP contribution in [0, 0.1) is 0 Å². The van der Waals surface area contributed by atoms with Crippen LogP contribution in [0.3, 0.4) is 0 Å². The highest BCUT2D eigenvalue weighted by Crippen LogP contribution is 2.28. The van der Waals surface area contributed by atoms with Crippen molar-refractivity contribution in [3.63, 3.8) is 0 Å². The summed E-state index contributed by atoms with van der Waals surface area (Å²) >= 11 is 0. The summed E-state index contributed by atoms with van der Waals surface area (Å²) in [6.45, 7) is 0.702. The topological polar surface area (TPSA) is 60.9 Å². The highest BCUT2D eigenvalue weighted by Gasteiger charge is 2.14. The van der Waals surface area contributed by atoms with E-state index in [2.05, 4.69) is 5.10 Å². The molecule has 2 N–H and O–H groups in total. The summed E-state index contributed by atoms with van der Waals surface area (Å²) in [7, 11) is 0. The number of rotatable bonds is 4. The largest absolute Gasteiger partial charge is 0.325 e. The van der Waals surface area contributed by atoms with Gasteiger partial charge in [0.2, 0.25) is 0 Å². The molecule has 4 heteroatoms. The number of fused-ring (bicyclic) bond motifs is 1. The van der Waals surface area contributed by atoms with Crippen molar-refractivity contribution in [2.45, 2.75) is 13.1 Å². The van der Waals surface area contributed by atoms with E-state index in [4.69, 9.17) is 5.73 Å². The maximum atomic E-state index is 13.0. The van der Waals surface area contributed by atoms with Crippen molar-refractivity contribution < 1.29 is 0 Å². The second-order valence-corrected chi connectivity index (χ2v) is 6.19. The van der Waals surface area contributed by atoms with Crippen LogP contribution in [0.4, 0.5) is 0 Å². The van der Waals surface area contributed by atoms with Crippen LogP contribution >= 0.6 is 0 Å². The van der Waals surface area contributed by atoms with E-state index in [1.807, 2.05) is 78.9 Å². The van der Waals surface area contributed by atoms with Crippen LogP contribution in [-0.4, -0.2) is 9.78 Å². The fraction of sp³-hybridized carbons (Fsp3) is 0.0909. The molecule has 1 heterocycles. The van der Waals surface area contributed by atoms with E-state index in [1.165, 1.54) is 4.68 Å². The molecule has 0 radical (unpaired) electrons. The standard InChI is InChI=1S/C22H19N3O/c23-14-20-21-18(17-10-5-2-6-11-17)12-7-13-19(21)22(26)25(24-20)15-16-8-3-1-4-9-16/h1-13H,14-15,23H2. The summed E-state index contributed by atoms with van der Waals surface area (Å²) in [5.41, 5.74) is 9.70. The number of benzene rings is 3. The van der Waals surface area contributed by atoms with Gasteiger partial charge < -0.3 is 5.73 Å². The molecule has 0 saturated heterocycles. The predicted octanol–water partition coefficient (Wildman–Crippen LogP) is 3.57. The Bertz CT molecular complexity index is 1100. The Hall–Kier alpha value is -3.24. The molecule has 0 bridgehead atoms. The van der Waals surface area contributed by atoms with Crippen LogP contribution in [0.15, 0.2) is 83.7 Å². The zero-order valence-electron chi connectivity index (χ0n) is 14.3. The summed E-state index contributed by atoms with van der Waals surface area (Å²) in [4.78, 5) is 13.0. The third kappa shape index (κ3) is 2.91. The molecule has 0 spiro atoms. The summed E-state index contributed by atoms with van der Waals surface area (Å²) < 4.78 is 1.51. The van der Waals surface area contributed by atoms with Crippen molar-refractivity contribution in [1.82, 2.24) is 9.78 Å². The molecule has 0 aliphatic heterocycles. The van der Waals surface area contributed by atoms with Crippen LogP contribution in [0.2, 0.25) is 0 Å². The molecule has 0 atom stereocenters. The summed E-state index contributed by atoms with van der Waals surface area (Å²) in [5.74, 6) is 0. The molecule has 3 aromatic carbocycles. The van der Waals surface area contributed by atoms with Crippen LogP contribution in [0.25, 0.3) is 21.9 Å². The number of nitrogens with two attached hydrogens (primary N) is 1. The smallest absolute Gasteiger partial charge is 0.274 e. The molecular formula is C22H19N3O. The average Bonchev–Trinajstić information content (AvgIpc) is 2.71. The maximum absolute atomic E-state index is 13.0. The van der Waals surface area contributed by atoms with Gasteiger partial charge in [-0.25, -0.2) is 4.68 Å². The zero-order chi connectivity index (χ0) is 17.9. The van der Waals surface area contributed by atoms with Gasteiger partial charge in [-0.2, -0.15) is 5.10 Å². The van der Waals surface area contributed by atoms with Crippen LogP contribution in [0.1, 0.15) is 11.3 Å². The van der Waals surface area contributed by atoms with E-state index < -0.39 is 0 Å². The first-order chi connectivity index (χ1) is 12.8. The highest BCUT2D eigenvalue weighted by atomic mass is 16.1. The minimum Gasteiger partial charge on any atom is -0.325 e. The van der Waals surface area contributed by atoms with Gasteiger partial charge in [0.25, 0.3) is 5.56 Å². The lowest BCUT2D eigenvalue weighted by molar-refractivity contribution is 0.629. The third-order valence-corrected chi connectivity index (χ3v) is 4.51. The van der Waals surface area contributed by atoms with Crippen molar-refractivity contribution in [2.24, 2.45) is 5.73 Å². The predicted molar refractivity (Wildman–Crippen MR) is 105 cm³/mol. The first-order valence-corrected chi connectivity index (χ1v) is 8.60. The Morgan fingerprint density at radius 3 is 2.23 bits per heavy atom. The Morgan fingerprint density at radius 1 is 0.846 bits per heavy atom. The highest BCUT2D eigenvalue weighted by molar-refractivity contribution is 5.97. The molecule has 4 nitrogen and oxygen atoms in total. The first kappa shape index (κ1) is 16.2. The summed E-state index contributed by atoms with van der Waals surface area (Å²) in [5, 5.41) is 6.07. The van der Waals surface area contributed by atoms with Gasteiger partial charge in [-0.1, -0.05) is 72.8 Å². The summed E-state index contributed by atoms with van der Waals surface area (Å²) in [6, 6.07) is 25.6. The molecule has 128 valence electrons. The van der Waals surface area contributed by atoms with E-state index in [-0.39, 0.29) is 12.1 Å². The monoisotopic (exact) mass is 341 g/mol. The maximum Gasteiger partial charge on any atom is 0.274 e. The Morgan fingerprint density at radius 2 is 1.54 bits per heavy atom. The molecule has 0 amide bonds. The van der Waals surface area contributed by atoms with E-state index in [0.29, 0.717) is 11.9 Å². The molecule has 4 aromatic rings. The molecule has 4 rings (SSSR count). The molecule has 26 heavy (non-hydrogen) atoms. The van der Waals surface area contributed by atoms with Crippen molar-refractivity contribution in [3.8, 4) is 11.1 Å². The van der Waals surface area contributed by atoms with Gasteiger partial charge in [0.1, 0.15) is 0 Å². The average molecular weight is 341 g/mol. The van der Waals surface area contributed by atoms with Crippen LogP contribution in [0.5, 0.6) is 0 Å². The van der Waals surface area contributed by atoms with E-state index >= 15 is 0 Å². The van der Waals surface area contributed by atoms with E-state index in [0.717, 1.165) is 27.8 Å². The fourth-order valence-corrected chi connectivity index (χ4v) is 3.29. The third-order valence-electron chi connectivity index (χ3n) is 4.51. The number of aromatic nitrogens is 2. The molecule has 0 saturated carbocycles. The first-order valence-electron chi connectivity index (χ1n) is 8.60. The van der Waals surface area contributed by atoms with Gasteiger partial charge in [0.05, 0.1) is 17.6 Å². The lowest BCUT2D eigenvalue weighted by Crippen LogP contribution is -2.26. The van der Waals surface area contributed by atoms with Crippen molar-refractivity contribution in [1.29, 1.82) is 0 Å². The molecule has 0 aliphatic carbocycles. The fourth-order valence-electron chi connectivity index (χ4n) is 3.29. The SMILES string of the molecule is NCc1nn(Cc2ccccc2)c(=O)c2cccc(-c3ccccc3)c12. The van der Waals surface area contributed by atoms with Crippen molar-refractivity contribution >= 4 is 10.8 Å². The number of hydrogen-bond donors (Lipinski definition) is 1. The van der Waals surface area contributed by atoms with Gasteiger partial charge >= 0.3 is 0 Å². The minimum absolute atomic E-state index is 0.0983. The second kappa shape index (κ2) is 6.94. The second-order valence-electron chi connectivity index (χ2n) is 6.19. The quantitative estimate of drug-likeness (QED) is 0.617. The zero-order valence-corrected chi connectivity index (χ0v) is 14.3. The Balaban J connectivity index is 1.94. The van der Waals surface area contributed by atoms with Gasteiger partial charge in [0.15, 0.2) is 0 Å². The molecule has 0 fully saturated rings. The van der Waals surface area contributed by atoms with E-state index in [1.54, 1.807) is 0 Å². The molecule has 1 aromatic heterocycles. The molecular weight excluding hydrogens is 322 g/mol. The van der Waals surface area contributed by atoms with Crippen molar-refractivity contribution in [2.75, 3.05) is 0 Å². The number of nitrogens with zero attached hydrogens (tertiary/aromatic N) is 2. The number of hydrogen-bond acceptors (Lipinski definition) is 3. The van der Waals surface area contributed by atoms with Crippen LogP contribution in [-0.2, 0) is 13.1 Å². The minimum atomic E-state index is -0.0983. The van der Waals surface area contributed by atoms with Gasteiger partial charge in [-0.3, -0.25) is 4.79 Å². The van der Waals surface area contributed by atoms with Gasteiger partial charge in [-0.15, -0.1) is 0 Å². The molecule has 0 aliphatic rings. The Labute approximate surface area is 151 Å². The normalized spacial score (nSPS) is 11.0. The van der Waals surface area contributed by atoms with Gasteiger partial charge in [-0.05, 0) is 22.8 Å².